The molecule has 0 aliphatic carbocycles. The average molecular weight is 451 g/mol. The summed E-state index contributed by atoms with van der Waals surface area (Å²) in [6, 6.07) is 21.0. The van der Waals surface area contributed by atoms with Crippen molar-refractivity contribution in [2.45, 2.75) is 12.7 Å². The number of hydrogen-bond donors (Lipinski definition) is 2. The lowest BCUT2D eigenvalue weighted by Gasteiger charge is -2.07. The van der Waals surface area contributed by atoms with Crippen LogP contribution in [0.25, 0.3) is 22.5 Å². The minimum absolute atomic E-state index is 0.223. The van der Waals surface area contributed by atoms with E-state index in [1.807, 2.05) is 24.3 Å². The average Bonchev–Trinajstić information content (AvgIpc) is 3.33. The number of rotatable bonds is 6. The lowest BCUT2D eigenvalue weighted by Crippen LogP contribution is -2.22. The van der Waals surface area contributed by atoms with E-state index in [0.717, 1.165) is 29.0 Å². The van der Waals surface area contributed by atoms with Gasteiger partial charge in [0.1, 0.15) is 5.75 Å². The summed E-state index contributed by atoms with van der Waals surface area (Å²) < 4.78 is 44.1. The Hall–Kier alpha value is -4.07. The molecular formula is C25H20F3N3O2. The van der Waals surface area contributed by atoms with E-state index in [0.29, 0.717) is 29.1 Å². The lowest BCUT2D eigenvalue weighted by molar-refractivity contribution is -0.137. The third-order valence-electron chi connectivity index (χ3n) is 5.11. The largest absolute Gasteiger partial charge is 0.497 e. The first kappa shape index (κ1) is 22.1. The number of H-pyrrole nitrogens is 1. The van der Waals surface area contributed by atoms with E-state index in [9.17, 15) is 18.0 Å². The van der Waals surface area contributed by atoms with Crippen molar-refractivity contribution in [3.63, 3.8) is 0 Å². The summed E-state index contributed by atoms with van der Waals surface area (Å²) in [5.41, 5.74) is 2.82. The second-order valence-electron chi connectivity index (χ2n) is 7.36. The number of carbonyl (C=O) groups excluding carboxylic acids is 1. The third kappa shape index (κ3) is 5.23. The minimum atomic E-state index is -4.42. The van der Waals surface area contributed by atoms with Crippen LogP contribution >= 0.6 is 0 Å². The number of benzene rings is 3. The maximum atomic E-state index is 13.0. The van der Waals surface area contributed by atoms with Crippen LogP contribution in [0.15, 0.2) is 78.9 Å². The van der Waals surface area contributed by atoms with Crippen LogP contribution < -0.4 is 10.1 Å². The fourth-order valence-electron chi connectivity index (χ4n) is 3.34. The van der Waals surface area contributed by atoms with Gasteiger partial charge in [-0.2, -0.15) is 18.3 Å². The van der Waals surface area contributed by atoms with Crippen LogP contribution in [0.3, 0.4) is 0 Å². The molecule has 2 N–H and O–H groups in total. The van der Waals surface area contributed by atoms with Gasteiger partial charge in [-0.1, -0.05) is 36.4 Å². The van der Waals surface area contributed by atoms with E-state index in [2.05, 4.69) is 15.5 Å². The molecule has 0 saturated heterocycles. The molecular weight excluding hydrogens is 431 g/mol. The van der Waals surface area contributed by atoms with E-state index in [1.54, 1.807) is 43.5 Å². The highest BCUT2D eigenvalue weighted by molar-refractivity contribution is 5.94. The number of hydrogen-bond acceptors (Lipinski definition) is 3. The second-order valence-corrected chi connectivity index (χ2v) is 7.36. The molecule has 4 rings (SSSR count). The van der Waals surface area contributed by atoms with Crippen molar-refractivity contribution in [1.82, 2.24) is 15.5 Å². The highest BCUT2D eigenvalue weighted by Gasteiger charge is 2.30. The zero-order chi connectivity index (χ0) is 23.4. The van der Waals surface area contributed by atoms with Crippen molar-refractivity contribution in [3.8, 4) is 28.3 Å². The molecule has 0 unspecified atom stereocenters. The van der Waals surface area contributed by atoms with Gasteiger partial charge in [0.15, 0.2) is 0 Å². The maximum Gasteiger partial charge on any atom is 0.416 e. The second kappa shape index (κ2) is 9.20. The molecule has 0 aliphatic heterocycles. The topological polar surface area (TPSA) is 67.0 Å². The molecule has 0 bridgehead atoms. The highest BCUT2D eigenvalue weighted by Crippen LogP contribution is 2.32. The fraction of sp³-hybridized carbons (Fsp3) is 0.120. The van der Waals surface area contributed by atoms with Gasteiger partial charge in [-0.05, 0) is 53.6 Å². The Balaban J connectivity index is 1.44. The Kier molecular flexibility index (Phi) is 6.17. The Morgan fingerprint density at radius 1 is 0.970 bits per heavy atom. The fourth-order valence-corrected chi connectivity index (χ4v) is 3.34. The Morgan fingerprint density at radius 3 is 2.45 bits per heavy atom. The first-order chi connectivity index (χ1) is 15.8. The van der Waals surface area contributed by atoms with Crippen LogP contribution in [0.1, 0.15) is 21.5 Å². The number of halogens is 3. The third-order valence-corrected chi connectivity index (χ3v) is 5.11. The summed E-state index contributed by atoms with van der Waals surface area (Å²) in [6.45, 7) is 0.360. The van der Waals surface area contributed by atoms with Gasteiger partial charge < -0.3 is 10.1 Å². The molecule has 4 aromatic rings. The lowest BCUT2D eigenvalue weighted by atomic mass is 10.1. The van der Waals surface area contributed by atoms with Crippen LogP contribution in [0, 0.1) is 0 Å². The summed E-state index contributed by atoms with van der Waals surface area (Å²) in [7, 11) is 1.58. The maximum absolute atomic E-state index is 13.0. The van der Waals surface area contributed by atoms with Gasteiger partial charge in [0.25, 0.3) is 5.91 Å². The normalized spacial score (nSPS) is 11.3. The molecule has 1 amide bonds. The first-order valence-electron chi connectivity index (χ1n) is 10.1. The van der Waals surface area contributed by atoms with Gasteiger partial charge >= 0.3 is 6.18 Å². The number of alkyl halides is 3. The first-order valence-corrected chi connectivity index (χ1v) is 10.1. The van der Waals surface area contributed by atoms with Crippen LogP contribution in [0.4, 0.5) is 13.2 Å². The van der Waals surface area contributed by atoms with Crippen LogP contribution in [-0.2, 0) is 12.7 Å². The van der Waals surface area contributed by atoms with Crippen molar-refractivity contribution in [1.29, 1.82) is 0 Å². The minimum Gasteiger partial charge on any atom is -0.497 e. The Morgan fingerprint density at radius 2 is 1.73 bits per heavy atom. The van der Waals surface area contributed by atoms with E-state index in [-0.39, 0.29) is 5.91 Å². The van der Waals surface area contributed by atoms with Crippen molar-refractivity contribution >= 4 is 5.91 Å². The predicted octanol–water partition coefficient (Wildman–Crippen LogP) is 5.70. The molecule has 0 spiro atoms. The van der Waals surface area contributed by atoms with Crippen molar-refractivity contribution in [2.24, 2.45) is 0 Å². The molecule has 1 aromatic heterocycles. The van der Waals surface area contributed by atoms with Gasteiger partial charge in [-0.25, -0.2) is 0 Å². The molecule has 168 valence electrons. The molecule has 0 fully saturated rings. The number of nitrogens with zero attached hydrogens (tertiary/aromatic N) is 1. The monoisotopic (exact) mass is 451 g/mol. The van der Waals surface area contributed by atoms with Crippen molar-refractivity contribution < 1.29 is 22.7 Å². The number of ether oxygens (including phenoxy) is 1. The summed E-state index contributed by atoms with van der Waals surface area (Å²) >= 11 is 0. The Bertz CT molecular complexity index is 1260. The molecule has 0 atom stereocenters. The zero-order valence-electron chi connectivity index (χ0n) is 17.6. The number of nitrogens with one attached hydrogen (secondary N) is 2. The predicted molar refractivity (Wildman–Crippen MR) is 119 cm³/mol. The molecule has 1 heterocycles. The highest BCUT2D eigenvalue weighted by atomic mass is 19.4. The smallest absolute Gasteiger partial charge is 0.416 e. The molecule has 3 aromatic carbocycles. The molecule has 8 heteroatoms. The molecule has 0 radical (unpaired) electrons. The van der Waals surface area contributed by atoms with Crippen molar-refractivity contribution in [2.75, 3.05) is 7.11 Å². The van der Waals surface area contributed by atoms with E-state index >= 15 is 0 Å². The van der Waals surface area contributed by atoms with E-state index in [4.69, 9.17) is 4.74 Å². The summed E-state index contributed by atoms with van der Waals surface area (Å²) in [5, 5.41) is 9.84. The van der Waals surface area contributed by atoms with Gasteiger partial charge in [0.05, 0.1) is 24.1 Å². The quantitative estimate of drug-likeness (QED) is 0.395. The standard InChI is InChI=1S/C25H20F3N3O2/c1-33-21-7-2-4-16(12-21)15-29-24(32)18-10-8-17(9-11-18)22-14-23(31-30-22)19-5-3-6-20(13-19)25(26,27)28/h2-14H,15H2,1H3,(H,29,32)(H,30,31). The van der Waals surface area contributed by atoms with Crippen LogP contribution in [-0.4, -0.2) is 23.2 Å². The molecule has 33 heavy (non-hydrogen) atoms. The number of methoxy groups -OCH3 is 1. The molecule has 0 aliphatic rings. The summed E-state index contributed by atoms with van der Waals surface area (Å²) in [6.07, 6.45) is -4.42. The van der Waals surface area contributed by atoms with E-state index < -0.39 is 11.7 Å². The van der Waals surface area contributed by atoms with Crippen LogP contribution in [0.5, 0.6) is 5.75 Å². The van der Waals surface area contributed by atoms with Gasteiger partial charge in [-0.15, -0.1) is 0 Å². The molecule has 0 saturated carbocycles. The molecule has 5 nitrogen and oxygen atoms in total. The van der Waals surface area contributed by atoms with Crippen LogP contribution in [0.2, 0.25) is 0 Å². The van der Waals surface area contributed by atoms with Crippen molar-refractivity contribution in [3.05, 3.63) is 95.6 Å². The SMILES string of the molecule is COc1cccc(CNC(=O)c2ccc(-c3cc(-c4cccc(C(F)(F)F)c4)n[nH]3)cc2)c1. The summed E-state index contributed by atoms with van der Waals surface area (Å²) in [4.78, 5) is 12.5. The number of aromatic amines is 1. The zero-order valence-corrected chi connectivity index (χ0v) is 17.6. The van der Waals surface area contributed by atoms with Gasteiger partial charge in [0, 0.05) is 17.7 Å². The summed E-state index contributed by atoms with van der Waals surface area (Å²) in [5.74, 6) is 0.494. The number of carbonyl (C=O) groups is 1. The number of aromatic nitrogens is 2. The van der Waals surface area contributed by atoms with Gasteiger partial charge in [-0.3, -0.25) is 9.89 Å². The Labute approximate surface area is 188 Å². The van der Waals surface area contributed by atoms with E-state index in [1.165, 1.54) is 6.07 Å². The number of amides is 1. The van der Waals surface area contributed by atoms with Gasteiger partial charge in [0.2, 0.25) is 0 Å².